The van der Waals surface area contributed by atoms with Crippen LogP contribution in [-0.2, 0) is 11.2 Å². The van der Waals surface area contributed by atoms with Crippen molar-refractivity contribution in [3.8, 4) is 11.5 Å². The largest absolute Gasteiger partial charge is 0.497 e. The van der Waals surface area contributed by atoms with E-state index < -0.39 is 6.10 Å². The van der Waals surface area contributed by atoms with E-state index in [1.54, 1.807) is 38.3 Å². The van der Waals surface area contributed by atoms with Gasteiger partial charge in [-0.05, 0) is 61.7 Å². The van der Waals surface area contributed by atoms with E-state index in [4.69, 9.17) is 21.1 Å². The molecule has 0 spiro atoms. The first-order chi connectivity index (χ1) is 11.6. The lowest BCUT2D eigenvalue weighted by Crippen LogP contribution is -2.36. The van der Waals surface area contributed by atoms with Gasteiger partial charge in [0, 0.05) is 11.6 Å². The molecule has 0 aliphatic carbocycles. The molecule has 0 aliphatic heterocycles. The zero-order valence-corrected chi connectivity index (χ0v) is 14.7. The number of rotatable bonds is 8. The van der Waals surface area contributed by atoms with Gasteiger partial charge in [0.1, 0.15) is 11.5 Å². The van der Waals surface area contributed by atoms with E-state index in [1.165, 1.54) is 5.56 Å². The highest BCUT2D eigenvalue weighted by Crippen LogP contribution is 2.17. The van der Waals surface area contributed by atoms with Crippen molar-refractivity contribution in [2.24, 2.45) is 0 Å². The molecule has 0 bridgehead atoms. The van der Waals surface area contributed by atoms with Crippen LogP contribution in [0.1, 0.15) is 18.9 Å². The Kier molecular flexibility index (Phi) is 6.94. The highest BCUT2D eigenvalue weighted by Gasteiger charge is 2.13. The fraction of sp³-hybridized carbons (Fsp3) is 0.316. The van der Waals surface area contributed by atoms with Crippen LogP contribution in [0.2, 0.25) is 5.02 Å². The fourth-order valence-corrected chi connectivity index (χ4v) is 2.34. The third-order valence-electron chi connectivity index (χ3n) is 3.60. The predicted octanol–water partition coefficient (Wildman–Crippen LogP) is 3.86. The van der Waals surface area contributed by atoms with Crippen molar-refractivity contribution in [1.29, 1.82) is 0 Å². The summed E-state index contributed by atoms with van der Waals surface area (Å²) in [6.45, 7) is 2.34. The molecule has 0 aliphatic rings. The van der Waals surface area contributed by atoms with Crippen molar-refractivity contribution >= 4 is 17.5 Å². The Morgan fingerprint density at radius 1 is 1.08 bits per heavy atom. The molecule has 1 unspecified atom stereocenters. The minimum Gasteiger partial charge on any atom is -0.497 e. The molecule has 1 amide bonds. The van der Waals surface area contributed by atoms with E-state index >= 15 is 0 Å². The van der Waals surface area contributed by atoms with Crippen molar-refractivity contribution in [2.75, 3.05) is 13.7 Å². The zero-order valence-electron chi connectivity index (χ0n) is 13.9. The first-order valence-corrected chi connectivity index (χ1v) is 8.29. The Hall–Kier alpha value is -2.20. The number of ether oxygens (including phenoxy) is 2. The van der Waals surface area contributed by atoms with Gasteiger partial charge in [0.15, 0.2) is 6.10 Å². The molecule has 0 aromatic heterocycles. The summed E-state index contributed by atoms with van der Waals surface area (Å²) in [4.78, 5) is 12.0. The van der Waals surface area contributed by atoms with E-state index in [2.05, 4.69) is 5.32 Å². The van der Waals surface area contributed by atoms with Crippen LogP contribution >= 0.6 is 11.6 Å². The molecule has 0 saturated heterocycles. The molecular weight excluding hydrogens is 326 g/mol. The summed E-state index contributed by atoms with van der Waals surface area (Å²) in [5.41, 5.74) is 1.22. The number of carbonyl (C=O) groups is 1. The van der Waals surface area contributed by atoms with Gasteiger partial charge >= 0.3 is 0 Å². The maximum absolute atomic E-state index is 12.0. The molecule has 4 nitrogen and oxygen atoms in total. The number of nitrogens with one attached hydrogen (secondary N) is 1. The van der Waals surface area contributed by atoms with Crippen LogP contribution in [0.3, 0.4) is 0 Å². The lowest BCUT2D eigenvalue weighted by atomic mass is 10.1. The van der Waals surface area contributed by atoms with Crippen molar-refractivity contribution in [3.05, 3.63) is 59.1 Å². The van der Waals surface area contributed by atoms with E-state index in [-0.39, 0.29) is 5.91 Å². The third-order valence-corrected chi connectivity index (χ3v) is 3.85. The Morgan fingerprint density at radius 2 is 1.71 bits per heavy atom. The van der Waals surface area contributed by atoms with E-state index in [0.29, 0.717) is 17.3 Å². The average Bonchev–Trinajstić information content (AvgIpc) is 2.61. The monoisotopic (exact) mass is 347 g/mol. The van der Waals surface area contributed by atoms with Gasteiger partial charge in [-0.25, -0.2) is 0 Å². The molecule has 2 aromatic rings. The fourth-order valence-electron chi connectivity index (χ4n) is 2.21. The molecular formula is C19H22ClNO3. The number of halogens is 1. The van der Waals surface area contributed by atoms with Crippen LogP contribution in [0, 0.1) is 0 Å². The van der Waals surface area contributed by atoms with Crippen LogP contribution in [0.25, 0.3) is 0 Å². The number of methoxy groups -OCH3 is 1. The van der Waals surface area contributed by atoms with Crippen LogP contribution in [0.15, 0.2) is 48.5 Å². The molecule has 1 N–H and O–H groups in total. The lowest BCUT2D eigenvalue weighted by Gasteiger charge is -2.14. The Morgan fingerprint density at radius 3 is 2.33 bits per heavy atom. The normalized spacial score (nSPS) is 11.6. The molecule has 5 heteroatoms. The molecule has 24 heavy (non-hydrogen) atoms. The Balaban J connectivity index is 1.69. The number of benzene rings is 2. The highest BCUT2D eigenvalue weighted by atomic mass is 35.5. The molecule has 2 aromatic carbocycles. The third kappa shape index (κ3) is 5.78. The average molecular weight is 348 g/mol. The van der Waals surface area contributed by atoms with Crippen molar-refractivity contribution < 1.29 is 14.3 Å². The van der Waals surface area contributed by atoms with Gasteiger partial charge in [0.2, 0.25) is 0 Å². The van der Waals surface area contributed by atoms with Gasteiger partial charge in [-0.2, -0.15) is 0 Å². The molecule has 2 rings (SSSR count). The van der Waals surface area contributed by atoms with E-state index in [0.717, 1.165) is 18.6 Å². The molecule has 1 atom stereocenters. The van der Waals surface area contributed by atoms with Crippen LogP contribution in [-0.4, -0.2) is 25.7 Å². The standard InChI is InChI=1S/C19H22ClNO3/c1-14(24-18-11-7-16(20)8-12-18)19(22)21-13-3-4-15-5-9-17(23-2)10-6-15/h5-12,14H,3-4,13H2,1-2H3,(H,21,22). The minimum atomic E-state index is -0.549. The summed E-state index contributed by atoms with van der Waals surface area (Å²) in [5, 5.41) is 3.53. The SMILES string of the molecule is COc1ccc(CCCNC(=O)C(C)Oc2ccc(Cl)cc2)cc1. The topological polar surface area (TPSA) is 47.6 Å². The zero-order chi connectivity index (χ0) is 17.4. The molecule has 128 valence electrons. The van der Waals surface area contributed by atoms with Gasteiger partial charge in [0.25, 0.3) is 5.91 Å². The summed E-state index contributed by atoms with van der Waals surface area (Å²) < 4.78 is 10.7. The smallest absolute Gasteiger partial charge is 0.260 e. The molecule has 0 heterocycles. The van der Waals surface area contributed by atoms with Crippen LogP contribution in [0.5, 0.6) is 11.5 Å². The maximum Gasteiger partial charge on any atom is 0.260 e. The second kappa shape index (κ2) is 9.18. The molecule has 0 radical (unpaired) electrons. The number of aryl methyl sites for hydroxylation is 1. The van der Waals surface area contributed by atoms with Gasteiger partial charge in [-0.1, -0.05) is 23.7 Å². The summed E-state index contributed by atoms with van der Waals surface area (Å²) in [7, 11) is 1.65. The Labute approximate surface area is 147 Å². The minimum absolute atomic E-state index is 0.125. The first-order valence-electron chi connectivity index (χ1n) is 7.91. The number of hydrogen-bond acceptors (Lipinski definition) is 3. The van der Waals surface area contributed by atoms with E-state index in [9.17, 15) is 4.79 Å². The summed E-state index contributed by atoms with van der Waals surface area (Å²) in [6, 6.07) is 14.9. The highest BCUT2D eigenvalue weighted by molar-refractivity contribution is 6.30. The van der Waals surface area contributed by atoms with E-state index in [1.807, 2.05) is 24.3 Å². The van der Waals surface area contributed by atoms with Crippen LogP contribution < -0.4 is 14.8 Å². The molecule has 0 fully saturated rings. The van der Waals surface area contributed by atoms with Crippen molar-refractivity contribution in [3.63, 3.8) is 0 Å². The Bertz CT molecular complexity index is 641. The van der Waals surface area contributed by atoms with Gasteiger partial charge in [-0.3, -0.25) is 4.79 Å². The second-order valence-electron chi connectivity index (χ2n) is 5.46. The van der Waals surface area contributed by atoms with Crippen molar-refractivity contribution in [1.82, 2.24) is 5.32 Å². The van der Waals surface area contributed by atoms with Crippen LogP contribution in [0.4, 0.5) is 0 Å². The number of carbonyl (C=O) groups excluding carboxylic acids is 1. The van der Waals surface area contributed by atoms with Gasteiger partial charge in [-0.15, -0.1) is 0 Å². The number of amides is 1. The summed E-state index contributed by atoms with van der Waals surface area (Å²) in [5.74, 6) is 1.35. The molecule has 0 saturated carbocycles. The maximum atomic E-state index is 12.0. The second-order valence-corrected chi connectivity index (χ2v) is 5.89. The van der Waals surface area contributed by atoms with Gasteiger partial charge in [0.05, 0.1) is 7.11 Å². The van der Waals surface area contributed by atoms with Crippen molar-refractivity contribution in [2.45, 2.75) is 25.9 Å². The quantitative estimate of drug-likeness (QED) is 0.737. The predicted molar refractivity (Wildman–Crippen MR) is 95.9 cm³/mol. The lowest BCUT2D eigenvalue weighted by molar-refractivity contribution is -0.127. The summed E-state index contributed by atoms with van der Waals surface area (Å²) >= 11 is 5.82. The van der Waals surface area contributed by atoms with Gasteiger partial charge < -0.3 is 14.8 Å². The number of hydrogen-bond donors (Lipinski definition) is 1. The summed E-state index contributed by atoms with van der Waals surface area (Å²) in [6.07, 6.45) is 1.22. The first kappa shape index (κ1) is 18.1.